The van der Waals surface area contributed by atoms with Crippen molar-refractivity contribution in [1.29, 1.82) is 0 Å². The number of aliphatic hydroxyl groups excluding tert-OH is 1. The number of alkyl halides is 3. The van der Waals surface area contributed by atoms with E-state index in [9.17, 15) is 18.3 Å². The summed E-state index contributed by atoms with van der Waals surface area (Å²) in [5, 5.41) is 10.1. The first-order valence-corrected chi connectivity index (χ1v) is 9.70. The monoisotopic (exact) mass is 342 g/mol. The van der Waals surface area contributed by atoms with Gasteiger partial charge < -0.3 is 5.11 Å². The Morgan fingerprint density at radius 2 is 1.92 bits per heavy atom. The molecule has 6 atom stereocenters. The molecular weight excluding hydrogens is 313 g/mol. The standard InChI is InChI=1S/C20H29F3O/c1-18-10-3-2-4-13(18)5-6-14-15(18)9-11-19(12-24)16(14)7-8-17(19)20(21,22)23/h5,14-17,24H,2-4,6-12H2,1H3/t14-,15+,16+,17-,18+,19-/m1/s1. The van der Waals surface area contributed by atoms with Gasteiger partial charge in [0.05, 0.1) is 5.92 Å². The average molecular weight is 342 g/mol. The van der Waals surface area contributed by atoms with Gasteiger partial charge in [-0.25, -0.2) is 0 Å². The summed E-state index contributed by atoms with van der Waals surface area (Å²) in [5.41, 5.74) is 0.881. The van der Waals surface area contributed by atoms with E-state index in [-0.39, 0.29) is 24.4 Å². The summed E-state index contributed by atoms with van der Waals surface area (Å²) in [6, 6.07) is 0. The average Bonchev–Trinajstić information content (AvgIpc) is 2.94. The Bertz CT molecular complexity index is 539. The minimum atomic E-state index is -4.17. The second-order valence-corrected chi connectivity index (χ2v) is 9.07. The Morgan fingerprint density at radius 3 is 2.62 bits per heavy atom. The maximum atomic E-state index is 13.6. The highest BCUT2D eigenvalue weighted by atomic mass is 19.4. The van der Waals surface area contributed by atoms with E-state index in [2.05, 4.69) is 13.0 Å². The number of halogens is 3. The Labute approximate surface area is 142 Å². The van der Waals surface area contributed by atoms with Gasteiger partial charge in [-0.2, -0.15) is 13.2 Å². The molecule has 0 amide bonds. The molecule has 0 aromatic rings. The molecule has 3 saturated carbocycles. The number of rotatable bonds is 1. The van der Waals surface area contributed by atoms with Gasteiger partial charge >= 0.3 is 6.18 Å². The predicted molar refractivity (Wildman–Crippen MR) is 87.3 cm³/mol. The molecule has 4 aliphatic rings. The largest absolute Gasteiger partial charge is 0.396 e. The Balaban J connectivity index is 1.69. The van der Waals surface area contributed by atoms with Crippen LogP contribution in [0.2, 0.25) is 0 Å². The molecule has 0 aromatic heterocycles. The summed E-state index contributed by atoms with van der Waals surface area (Å²) in [4.78, 5) is 0. The number of hydrogen-bond acceptors (Lipinski definition) is 1. The van der Waals surface area contributed by atoms with Crippen molar-refractivity contribution in [2.75, 3.05) is 6.61 Å². The molecule has 0 bridgehead atoms. The molecule has 0 unspecified atom stereocenters. The fraction of sp³-hybridized carbons (Fsp3) is 0.900. The van der Waals surface area contributed by atoms with E-state index in [0.717, 1.165) is 12.8 Å². The highest BCUT2D eigenvalue weighted by Crippen LogP contribution is 2.68. The molecule has 1 N–H and O–H groups in total. The van der Waals surface area contributed by atoms with Crippen molar-refractivity contribution in [3.8, 4) is 0 Å². The molecule has 3 fully saturated rings. The van der Waals surface area contributed by atoms with E-state index in [1.807, 2.05) is 0 Å². The Kier molecular flexibility index (Phi) is 3.87. The zero-order valence-electron chi connectivity index (χ0n) is 14.5. The van der Waals surface area contributed by atoms with Crippen molar-refractivity contribution in [2.45, 2.75) is 70.9 Å². The van der Waals surface area contributed by atoms with Crippen LogP contribution >= 0.6 is 0 Å². The molecule has 0 radical (unpaired) electrons. The first-order chi connectivity index (χ1) is 11.3. The van der Waals surface area contributed by atoms with E-state index < -0.39 is 17.5 Å². The Hall–Kier alpha value is -0.510. The van der Waals surface area contributed by atoms with Crippen molar-refractivity contribution in [2.24, 2.45) is 34.5 Å². The van der Waals surface area contributed by atoms with E-state index in [1.54, 1.807) is 5.57 Å². The highest BCUT2D eigenvalue weighted by molar-refractivity contribution is 5.24. The number of allylic oxidation sites excluding steroid dienone is 2. The topological polar surface area (TPSA) is 20.2 Å². The Morgan fingerprint density at radius 1 is 1.12 bits per heavy atom. The number of hydrogen-bond donors (Lipinski definition) is 1. The molecule has 4 rings (SSSR count). The molecule has 4 aliphatic carbocycles. The summed E-state index contributed by atoms with van der Waals surface area (Å²) in [5.74, 6) is -0.394. The minimum absolute atomic E-state index is 0.0458. The quantitative estimate of drug-likeness (QED) is 0.625. The molecule has 136 valence electrons. The molecule has 0 aromatic carbocycles. The van der Waals surface area contributed by atoms with E-state index in [0.29, 0.717) is 24.7 Å². The van der Waals surface area contributed by atoms with E-state index >= 15 is 0 Å². The zero-order chi connectivity index (χ0) is 17.2. The van der Waals surface area contributed by atoms with Gasteiger partial charge in [0.25, 0.3) is 0 Å². The third-order valence-electron chi connectivity index (χ3n) is 8.42. The van der Waals surface area contributed by atoms with Crippen molar-refractivity contribution in [1.82, 2.24) is 0 Å². The van der Waals surface area contributed by atoms with Crippen LogP contribution < -0.4 is 0 Å². The summed E-state index contributed by atoms with van der Waals surface area (Å²) in [6.07, 6.45) is 6.30. The lowest BCUT2D eigenvalue weighted by atomic mass is 9.47. The maximum Gasteiger partial charge on any atom is 0.392 e. The van der Waals surface area contributed by atoms with Crippen LogP contribution in [0, 0.1) is 34.5 Å². The number of aliphatic hydroxyl groups is 1. The fourth-order valence-corrected chi connectivity index (χ4v) is 7.30. The molecule has 0 aliphatic heterocycles. The number of fused-ring (bicyclic) bond motifs is 5. The van der Waals surface area contributed by atoms with Gasteiger partial charge in [0.15, 0.2) is 0 Å². The van der Waals surface area contributed by atoms with Gasteiger partial charge in [0.1, 0.15) is 0 Å². The first-order valence-electron chi connectivity index (χ1n) is 9.70. The van der Waals surface area contributed by atoms with Crippen LogP contribution in [-0.2, 0) is 0 Å². The third-order valence-corrected chi connectivity index (χ3v) is 8.42. The van der Waals surface area contributed by atoms with Gasteiger partial charge in [-0.05, 0) is 74.5 Å². The maximum absolute atomic E-state index is 13.6. The van der Waals surface area contributed by atoms with E-state index in [4.69, 9.17) is 0 Å². The smallest absolute Gasteiger partial charge is 0.392 e. The summed E-state index contributed by atoms with van der Waals surface area (Å²) < 4.78 is 40.8. The molecule has 1 nitrogen and oxygen atoms in total. The van der Waals surface area contributed by atoms with Crippen molar-refractivity contribution < 1.29 is 18.3 Å². The van der Waals surface area contributed by atoms with Crippen molar-refractivity contribution >= 4 is 0 Å². The lowest BCUT2D eigenvalue weighted by Gasteiger charge is -2.58. The van der Waals surface area contributed by atoms with E-state index in [1.165, 1.54) is 25.7 Å². The second kappa shape index (κ2) is 5.49. The lowest BCUT2D eigenvalue weighted by Crippen LogP contribution is -2.53. The summed E-state index contributed by atoms with van der Waals surface area (Å²) >= 11 is 0. The summed E-state index contributed by atoms with van der Waals surface area (Å²) in [7, 11) is 0. The van der Waals surface area contributed by atoms with Crippen LogP contribution in [0.15, 0.2) is 11.6 Å². The van der Waals surface area contributed by atoms with Crippen LogP contribution in [0.4, 0.5) is 13.2 Å². The first kappa shape index (κ1) is 16.9. The van der Waals surface area contributed by atoms with Crippen LogP contribution in [0.3, 0.4) is 0 Å². The highest BCUT2D eigenvalue weighted by Gasteiger charge is 2.65. The predicted octanol–water partition coefficient (Wildman–Crippen LogP) is 5.49. The normalized spacial score (nSPS) is 48.3. The van der Waals surface area contributed by atoms with Crippen LogP contribution in [0.25, 0.3) is 0 Å². The molecular formula is C20H29F3O. The van der Waals surface area contributed by atoms with Crippen molar-refractivity contribution in [3.63, 3.8) is 0 Å². The molecule has 0 spiro atoms. The minimum Gasteiger partial charge on any atom is -0.396 e. The van der Waals surface area contributed by atoms with Gasteiger partial charge in [-0.1, -0.05) is 25.0 Å². The van der Waals surface area contributed by atoms with Crippen molar-refractivity contribution in [3.05, 3.63) is 11.6 Å². The second-order valence-electron chi connectivity index (χ2n) is 9.07. The zero-order valence-corrected chi connectivity index (χ0v) is 14.5. The fourth-order valence-electron chi connectivity index (χ4n) is 7.30. The van der Waals surface area contributed by atoms with Gasteiger partial charge in [0.2, 0.25) is 0 Å². The lowest BCUT2D eigenvalue weighted by molar-refractivity contribution is -0.222. The van der Waals surface area contributed by atoms with Crippen LogP contribution in [0.1, 0.15) is 64.7 Å². The van der Waals surface area contributed by atoms with Gasteiger partial charge in [-0.3, -0.25) is 0 Å². The molecule has 4 heteroatoms. The van der Waals surface area contributed by atoms with Gasteiger partial charge in [-0.15, -0.1) is 0 Å². The van der Waals surface area contributed by atoms with Crippen LogP contribution in [-0.4, -0.2) is 17.9 Å². The third kappa shape index (κ3) is 2.17. The molecule has 0 heterocycles. The summed E-state index contributed by atoms with van der Waals surface area (Å²) in [6.45, 7) is 2.08. The SMILES string of the molecule is C[C@]12CCCCC1=CC[C@H]1[C@@H]3CC[C@@H](C(F)(F)F)[C@@]3(CO)CC[C@@H]12. The molecule has 0 saturated heterocycles. The van der Waals surface area contributed by atoms with Gasteiger partial charge in [0, 0.05) is 12.0 Å². The molecule has 24 heavy (non-hydrogen) atoms. The van der Waals surface area contributed by atoms with Crippen LogP contribution in [0.5, 0.6) is 0 Å².